The number of hydrogen-bond acceptors (Lipinski definition) is 4. The highest BCUT2D eigenvalue weighted by molar-refractivity contribution is 5.92. The van der Waals surface area contributed by atoms with Crippen LogP contribution in [0.25, 0.3) is 0 Å². The maximum atomic E-state index is 12.3. The first-order chi connectivity index (χ1) is 13.9. The van der Waals surface area contributed by atoms with Gasteiger partial charge in [-0.25, -0.2) is 0 Å². The minimum atomic E-state index is -0.0412. The molecule has 0 heterocycles. The normalized spacial score (nSPS) is 11.8. The van der Waals surface area contributed by atoms with E-state index in [4.69, 9.17) is 4.74 Å². The third-order valence-corrected chi connectivity index (χ3v) is 4.93. The van der Waals surface area contributed by atoms with Crippen molar-refractivity contribution in [3.8, 4) is 5.75 Å². The monoisotopic (exact) mass is 397 g/mol. The Morgan fingerprint density at radius 3 is 2.21 bits per heavy atom. The van der Waals surface area contributed by atoms with E-state index in [2.05, 4.69) is 10.2 Å². The molecule has 2 rings (SSSR count). The van der Waals surface area contributed by atoms with E-state index >= 15 is 0 Å². The molecular formula is C23H31N3O3. The summed E-state index contributed by atoms with van der Waals surface area (Å²) in [4.78, 5) is 28.2. The second kappa shape index (κ2) is 11.2. The summed E-state index contributed by atoms with van der Waals surface area (Å²) in [5.74, 6) is 0.773. The first kappa shape index (κ1) is 22.4. The Morgan fingerprint density at radius 1 is 0.966 bits per heavy atom. The van der Waals surface area contributed by atoms with Gasteiger partial charge in [0, 0.05) is 32.1 Å². The molecule has 0 radical (unpaired) electrons. The van der Waals surface area contributed by atoms with Gasteiger partial charge in [0.25, 0.3) is 0 Å². The first-order valence-corrected chi connectivity index (χ1v) is 9.81. The summed E-state index contributed by atoms with van der Waals surface area (Å²) in [5.41, 5.74) is 1.96. The van der Waals surface area contributed by atoms with Crippen LogP contribution >= 0.6 is 0 Å². The number of likely N-dealkylation sites (N-methyl/N-ethyl adjacent to an activating group) is 1. The molecule has 156 valence electrons. The van der Waals surface area contributed by atoms with Gasteiger partial charge in [-0.3, -0.25) is 9.59 Å². The maximum absolute atomic E-state index is 12.3. The highest BCUT2D eigenvalue weighted by Gasteiger charge is 2.16. The fraction of sp³-hybridized carbons (Fsp3) is 0.391. The molecule has 0 aliphatic rings. The molecule has 1 N–H and O–H groups in total. The first-order valence-electron chi connectivity index (χ1n) is 9.81. The van der Waals surface area contributed by atoms with E-state index in [1.165, 1.54) is 0 Å². The summed E-state index contributed by atoms with van der Waals surface area (Å²) in [6.45, 7) is 0.510. The van der Waals surface area contributed by atoms with Crippen LogP contribution < -0.4 is 15.0 Å². The number of methoxy groups -OCH3 is 1. The summed E-state index contributed by atoms with van der Waals surface area (Å²) in [6, 6.07) is 17.4. The summed E-state index contributed by atoms with van der Waals surface area (Å²) in [6.07, 6.45) is 1.20. The Bertz CT molecular complexity index is 776. The van der Waals surface area contributed by atoms with Crippen molar-refractivity contribution < 1.29 is 14.3 Å². The van der Waals surface area contributed by atoms with E-state index in [-0.39, 0.29) is 17.9 Å². The summed E-state index contributed by atoms with van der Waals surface area (Å²) < 4.78 is 5.20. The molecule has 1 atom stereocenters. The number of carbonyl (C=O) groups excluding carboxylic acids is 2. The van der Waals surface area contributed by atoms with Crippen LogP contribution in [-0.2, 0) is 9.59 Å². The van der Waals surface area contributed by atoms with Gasteiger partial charge in [0.1, 0.15) is 5.75 Å². The lowest BCUT2D eigenvalue weighted by atomic mass is 10.1. The number of benzene rings is 2. The molecule has 2 aromatic carbocycles. The van der Waals surface area contributed by atoms with Gasteiger partial charge < -0.3 is 19.9 Å². The van der Waals surface area contributed by atoms with Crippen molar-refractivity contribution in [3.63, 3.8) is 0 Å². The van der Waals surface area contributed by atoms with Gasteiger partial charge in [-0.2, -0.15) is 0 Å². The topological polar surface area (TPSA) is 61.9 Å². The Morgan fingerprint density at radius 2 is 1.62 bits per heavy atom. The van der Waals surface area contributed by atoms with Crippen molar-refractivity contribution >= 4 is 17.5 Å². The van der Waals surface area contributed by atoms with Crippen molar-refractivity contribution in [2.45, 2.75) is 25.3 Å². The lowest BCUT2D eigenvalue weighted by molar-refractivity contribution is -0.121. The van der Waals surface area contributed by atoms with Crippen LogP contribution in [0.5, 0.6) is 5.75 Å². The van der Waals surface area contributed by atoms with Crippen LogP contribution in [0.4, 0.5) is 5.69 Å². The number of anilines is 1. The van der Waals surface area contributed by atoms with E-state index < -0.39 is 0 Å². The number of hydrogen-bond donors (Lipinski definition) is 1. The highest BCUT2D eigenvalue weighted by Crippen LogP contribution is 2.21. The second-order valence-corrected chi connectivity index (χ2v) is 7.20. The molecule has 0 bridgehead atoms. The standard InChI is InChI=1S/C23H31N3O3/c1-25(2)21(18-13-15-20(29-4)16-14-18)17-24-22(27)11-8-12-23(28)26(3)19-9-6-5-7-10-19/h5-7,9-10,13-16,21H,8,11-12,17H2,1-4H3,(H,24,27). The smallest absolute Gasteiger partial charge is 0.226 e. The van der Waals surface area contributed by atoms with Crippen LogP contribution in [0, 0.1) is 0 Å². The molecule has 1 unspecified atom stereocenters. The number of para-hydroxylation sites is 1. The largest absolute Gasteiger partial charge is 0.497 e. The zero-order valence-corrected chi connectivity index (χ0v) is 17.7. The molecule has 0 aliphatic heterocycles. The van der Waals surface area contributed by atoms with E-state index in [1.807, 2.05) is 68.7 Å². The van der Waals surface area contributed by atoms with Gasteiger partial charge in [-0.05, 0) is 50.3 Å². The molecule has 0 aliphatic carbocycles. The van der Waals surface area contributed by atoms with Crippen molar-refractivity contribution in [3.05, 3.63) is 60.2 Å². The number of nitrogens with zero attached hydrogens (tertiary/aromatic N) is 2. The van der Waals surface area contributed by atoms with E-state index in [9.17, 15) is 9.59 Å². The van der Waals surface area contributed by atoms with E-state index in [0.29, 0.717) is 25.8 Å². The molecule has 0 fully saturated rings. The SMILES string of the molecule is COc1ccc(C(CNC(=O)CCCC(=O)N(C)c2ccccc2)N(C)C)cc1. The quantitative estimate of drug-likeness (QED) is 0.669. The lowest BCUT2D eigenvalue weighted by Gasteiger charge is -2.25. The number of nitrogens with one attached hydrogen (secondary N) is 1. The Balaban J connectivity index is 1.78. The van der Waals surface area contributed by atoms with E-state index in [1.54, 1.807) is 19.1 Å². The van der Waals surface area contributed by atoms with Crippen LogP contribution in [0.2, 0.25) is 0 Å². The van der Waals surface area contributed by atoms with Crippen molar-refractivity contribution in [2.24, 2.45) is 0 Å². The Kier molecular flexibility index (Phi) is 8.68. The fourth-order valence-corrected chi connectivity index (χ4v) is 3.09. The van der Waals surface area contributed by atoms with Gasteiger partial charge >= 0.3 is 0 Å². The number of ether oxygens (including phenoxy) is 1. The third-order valence-electron chi connectivity index (χ3n) is 4.93. The zero-order valence-electron chi connectivity index (χ0n) is 17.7. The molecule has 0 saturated heterocycles. The highest BCUT2D eigenvalue weighted by atomic mass is 16.5. The molecule has 0 aromatic heterocycles. The van der Waals surface area contributed by atoms with Crippen molar-refractivity contribution in [2.75, 3.05) is 39.7 Å². The van der Waals surface area contributed by atoms with Gasteiger partial charge in [0.05, 0.1) is 13.2 Å². The summed E-state index contributed by atoms with van der Waals surface area (Å²) in [5, 5.41) is 2.99. The molecule has 6 nitrogen and oxygen atoms in total. The van der Waals surface area contributed by atoms with E-state index in [0.717, 1.165) is 17.0 Å². The average molecular weight is 398 g/mol. The number of rotatable bonds is 10. The van der Waals surface area contributed by atoms with Crippen LogP contribution in [0.1, 0.15) is 30.9 Å². The predicted octanol–water partition coefficient (Wildman–Crippen LogP) is 3.25. The van der Waals surface area contributed by atoms with Gasteiger partial charge in [0.15, 0.2) is 0 Å². The molecule has 2 amide bonds. The van der Waals surface area contributed by atoms with Gasteiger partial charge in [-0.1, -0.05) is 30.3 Å². The fourth-order valence-electron chi connectivity index (χ4n) is 3.09. The third kappa shape index (κ3) is 6.91. The zero-order chi connectivity index (χ0) is 21.2. The molecular weight excluding hydrogens is 366 g/mol. The number of carbonyl (C=O) groups is 2. The van der Waals surface area contributed by atoms with Gasteiger partial charge in [-0.15, -0.1) is 0 Å². The molecule has 29 heavy (non-hydrogen) atoms. The lowest BCUT2D eigenvalue weighted by Crippen LogP contribution is -2.34. The van der Waals surface area contributed by atoms with Crippen LogP contribution in [0.15, 0.2) is 54.6 Å². The Hall–Kier alpha value is -2.86. The van der Waals surface area contributed by atoms with Gasteiger partial charge in [0.2, 0.25) is 11.8 Å². The maximum Gasteiger partial charge on any atom is 0.226 e. The van der Waals surface area contributed by atoms with Crippen molar-refractivity contribution in [1.29, 1.82) is 0 Å². The minimum Gasteiger partial charge on any atom is -0.497 e. The summed E-state index contributed by atoms with van der Waals surface area (Å²) >= 11 is 0. The minimum absolute atomic E-state index is 0.00778. The van der Waals surface area contributed by atoms with Crippen LogP contribution in [0.3, 0.4) is 0 Å². The average Bonchev–Trinajstić information content (AvgIpc) is 2.74. The molecule has 2 aromatic rings. The predicted molar refractivity (Wildman–Crippen MR) is 116 cm³/mol. The molecule has 6 heteroatoms. The molecule has 0 spiro atoms. The van der Waals surface area contributed by atoms with Crippen LogP contribution in [-0.4, -0.2) is 51.5 Å². The second-order valence-electron chi connectivity index (χ2n) is 7.20. The van der Waals surface area contributed by atoms with Crippen molar-refractivity contribution in [1.82, 2.24) is 10.2 Å². The molecule has 0 saturated carbocycles. The number of amides is 2. The Labute approximate surface area is 173 Å². The summed E-state index contributed by atoms with van der Waals surface area (Å²) in [7, 11) is 7.37.